The number of rotatable bonds is 4. The van der Waals surface area contributed by atoms with Crippen LogP contribution in [0.15, 0.2) is 11.6 Å². The van der Waals surface area contributed by atoms with Crippen LogP contribution in [-0.4, -0.2) is 23.8 Å². The Morgan fingerprint density at radius 2 is 2.54 bits per heavy atom. The van der Waals surface area contributed by atoms with Gasteiger partial charge in [0.15, 0.2) is 6.10 Å². The molecule has 1 aliphatic carbocycles. The van der Waals surface area contributed by atoms with Crippen LogP contribution in [0.2, 0.25) is 0 Å². The van der Waals surface area contributed by atoms with Gasteiger partial charge in [-0.25, -0.2) is 4.79 Å². The molecule has 0 aromatic heterocycles. The molecule has 1 N–H and O–H groups in total. The molecule has 0 saturated carbocycles. The van der Waals surface area contributed by atoms with Crippen molar-refractivity contribution in [2.24, 2.45) is 0 Å². The van der Waals surface area contributed by atoms with Crippen LogP contribution in [0.4, 0.5) is 0 Å². The van der Waals surface area contributed by atoms with E-state index in [4.69, 9.17) is 4.74 Å². The smallest absolute Gasteiger partial charge is 0.335 e. The quantitative estimate of drug-likeness (QED) is 0.531. The van der Waals surface area contributed by atoms with Gasteiger partial charge in [0.2, 0.25) is 0 Å². The Morgan fingerprint density at radius 1 is 1.77 bits per heavy atom. The molecule has 0 fully saturated rings. The zero-order chi connectivity index (χ0) is 9.68. The highest BCUT2D eigenvalue weighted by atomic mass is 16.5. The van der Waals surface area contributed by atoms with E-state index in [-0.39, 0.29) is 0 Å². The molecule has 0 saturated heterocycles. The number of esters is 1. The molecule has 1 atom stereocenters. The highest BCUT2D eigenvalue weighted by Gasteiger charge is 2.18. The van der Waals surface area contributed by atoms with Crippen molar-refractivity contribution >= 4 is 5.97 Å². The zero-order valence-electron chi connectivity index (χ0n) is 7.95. The SMILES string of the molecule is CCOC(=O)C(O)CC1=CCCC1. The molecule has 74 valence electrons. The predicted octanol–water partition coefficient (Wildman–Crippen LogP) is 1.41. The molecule has 13 heavy (non-hydrogen) atoms. The largest absolute Gasteiger partial charge is 0.464 e. The second kappa shape index (κ2) is 5.02. The molecule has 0 spiro atoms. The zero-order valence-corrected chi connectivity index (χ0v) is 7.95. The summed E-state index contributed by atoms with van der Waals surface area (Å²) in [4.78, 5) is 11.0. The van der Waals surface area contributed by atoms with Crippen LogP contribution in [0, 0.1) is 0 Å². The van der Waals surface area contributed by atoms with Crippen LogP contribution >= 0.6 is 0 Å². The number of ether oxygens (including phenoxy) is 1. The lowest BCUT2D eigenvalue weighted by Crippen LogP contribution is -2.23. The van der Waals surface area contributed by atoms with E-state index in [1.54, 1.807) is 6.92 Å². The summed E-state index contributed by atoms with van der Waals surface area (Å²) < 4.78 is 4.70. The predicted molar refractivity (Wildman–Crippen MR) is 49.2 cm³/mol. The standard InChI is InChI=1S/C10H16O3/c1-2-13-10(12)9(11)7-8-5-3-4-6-8/h5,9,11H,2-4,6-7H2,1H3. The van der Waals surface area contributed by atoms with E-state index in [0.717, 1.165) is 19.3 Å². The lowest BCUT2D eigenvalue weighted by molar-refractivity contribution is -0.152. The molecule has 3 nitrogen and oxygen atoms in total. The van der Waals surface area contributed by atoms with Gasteiger partial charge < -0.3 is 9.84 Å². The van der Waals surface area contributed by atoms with Gasteiger partial charge in [0.25, 0.3) is 0 Å². The first kappa shape index (κ1) is 10.3. The van der Waals surface area contributed by atoms with Gasteiger partial charge in [0.1, 0.15) is 0 Å². The maximum Gasteiger partial charge on any atom is 0.335 e. The van der Waals surface area contributed by atoms with Crippen LogP contribution in [0.25, 0.3) is 0 Å². The van der Waals surface area contributed by atoms with E-state index in [1.165, 1.54) is 5.57 Å². The van der Waals surface area contributed by atoms with Crippen LogP contribution in [-0.2, 0) is 9.53 Å². The van der Waals surface area contributed by atoms with Crippen molar-refractivity contribution in [2.75, 3.05) is 6.61 Å². The third-order valence-electron chi connectivity index (χ3n) is 2.15. The second-order valence-corrected chi connectivity index (χ2v) is 3.23. The molecular formula is C10H16O3. The first-order valence-electron chi connectivity index (χ1n) is 4.76. The summed E-state index contributed by atoms with van der Waals surface area (Å²) in [7, 11) is 0. The van der Waals surface area contributed by atoms with E-state index >= 15 is 0 Å². The fraction of sp³-hybridized carbons (Fsp3) is 0.700. The highest BCUT2D eigenvalue weighted by Crippen LogP contribution is 2.22. The molecule has 0 heterocycles. The minimum Gasteiger partial charge on any atom is -0.464 e. The Labute approximate surface area is 78.4 Å². The van der Waals surface area contributed by atoms with E-state index in [1.807, 2.05) is 0 Å². The average molecular weight is 184 g/mol. The number of aliphatic hydroxyl groups is 1. The molecule has 0 radical (unpaired) electrons. The van der Waals surface area contributed by atoms with Crippen molar-refractivity contribution in [1.29, 1.82) is 0 Å². The van der Waals surface area contributed by atoms with Gasteiger partial charge in [0, 0.05) is 6.42 Å². The van der Waals surface area contributed by atoms with Gasteiger partial charge in [-0.2, -0.15) is 0 Å². The van der Waals surface area contributed by atoms with Crippen LogP contribution in [0.1, 0.15) is 32.6 Å². The molecule has 1 rings (SSSR count). The van der Waals surface area contributed by atoms with Crippen molar-refractivity contribution in [1.82, 2.24) is 0 Å². The fourth-order valence-electron chi connectivity index (χ4n) is 1.49. The number of hydrogen-bond acceptors (Lipinski definition) is 3. The van der Waals surface area contributed by atoms with Crippen molar-refractivity contribution in [3.05, 3.63) is 11.6 Å². The average Bonchev–Trinajstić information content (AvgIpc) is 2.57. The maximum atomic E-state index is 11.0. The third kappa shape index (κ3) is 3.19. The summed E-state index contributed by atoms with van der Waals surface area (Å²) in [5, 5.41) is 9.39. The summed E-state index contributed by atoms with van der Waals surface area (Å²) >= 11 is 0. The van der Waals surface area contributed by atoms with Gasteiger partial charge in [-0.3, -0.25) is 0 Å². The maximum absolute atomic E-state index is 11.0. The van der Waals surface area contributed by atoms with Crippen LogP contribution in [0.5, 0.6) is 0 Å². The van der Waals surface area contributed by atoms with Gasteiger partial charge >= 0.3 is 5.97 Å². The summed E-state index contributed by atoms with van der Waals surface area (Å²) in [5.41, 5.74) is 1.18. The van der Waals surface area contributed by atoms with Crippen LogP contribution in [0.3, 0.4) is 0 Å². The molecule has 0 bridgehead atoms. The summed E-state index contributed by atoms with van der Waals surface area (Å²) in [6, 6.07) is 0. The monoisotopic (exact) mass is 184 g/mol. The molecule has 3 heteroatoms. The number of allylic oxidation sites excluding steroid dienone is 1. The van der Waals surface area contributed by atoms with Crippen molar-refractivity contribution in [3.63, 3.8) is 0 Å². The Balaban J connectivity index is 2.31. The summed E-state index contributed by atoms with van der Waals surface area (Å²) in [5.74, 6) is -0.504. The number of hydrogen-bond donors (Lipinski definition) is 1. The first-order chi connectivity index (χ1) is 6.24. The molecule has 0 aliphatic heterocycles. The molecule has 1 aliphatic rings. The Hall–Kier alpha value is -0.830. The van der Waals surface area contributed by atoms with E-state index in [0.29, 0.717) is 13.0 Å². The molecular weight excluding hydrogens is 168 g/mol. The lowest BCUT2D eigenvalue weighted by Gasteiger charge is -2.09. The topological polar surface area (TPSA) is 46.5 Å². The highest BCUT2D eigenvalue weighted by molar-refractivity contribution is 5.74. The number of carbonyl (C=O) groups excluding carboxylic acids is 1. The van der Waals surface area contributed by atoms with Gasteiger partial charge in [-0.1, -0.05) is 11.6 Å². The minimum atomic E-state index is -0.968. The molecule has 0 aromatic carbocycles. The Bertz CT molecular complexity index is 208. The number of carbonyl (C=O) groups is 1. The third-order valence-corrected chi connectivity index (χ3v) is 2.15. The van der Waals surface area contributed by atoms with Crippen LogP contribution < -0.4 is 0 Å². The van der Waals surface area contributed by atoms with E-state index in [9.17, 15) is 9.90 Å². The Kier molecular flexibility index (Phi) is 3.96. The van der Waals surface area contributed by atoms with Gasteiger partial charge in [-0.15, -0.1) is 0 Å². The molecule has 0 aromatic rings. The minimum absolute atomic E-state index is 0.328. The first-order valence-corrected chi connectivity index (χ1v) is 4.76. The van der Waals surface area contributed by atoms with Gasteiger partial charge in [-0.05, 0) is 26.2 Å². The summed E-state index contributed by atoms with van der Waals surface area (Å²) in [6.07, 6.45) is 4.80. The second-order valence-electron chi connectivity index (χ2n) is 3.23. The Morgan fingerprint density at radius 3 is 3.08 bits per heavy atom. The van der Waals surface area contributed by atoms with Crippen molar-refractivity contribution < 1.29 is 14.6 Å². The van der Waals surface area contributed by atoms with Crippen molar-refractivity contribution in [2.45, 2.75) is 38.7 Å². The lowest BCUT2D eigenvalue weighted by atomic mass is 10.1. The fourth-order valence-corrected chi connectivity index (χ4v) is 1.49. The van der Waals surface area contributed by atoms with Gasteiger partial charge in [0.05, 0.1) is 6.61 Å². The summed E-state index contributed by atoms with van der Waals surface area (Å²) in [6.45, 7) is 2.06. The normalized spacial score (nSPS) is 18.2. The molecule has 1 unspecified atom stereocenters. The number of aliphatic hydroxyl groups excluding tert-OH is 1. The van der Waals surface area contributed by atoms with E-state index < -0.39 is 12.1 Å². The van der Waals surface area contributed by atoms with Crippen molar-refractivity contribution in [3.8, 4) is 0 Å². The molecule has 0 amide bonds. The van der Waals surface area contributed by atoms with E-state index in [2.05, 4.69) is 6.08 Å².